The lowest BCUT2D eigenvalue weighted by Crippen LogP contribution is -2.38. The van der Waals surface area contributed by atoms with Gasteiger partial charge in [-0.15, -0.1) is 0 Å². The number of likely N-dealkylation sites (N-methyl/N-ethyl adjacent to an activating group) is 1. The molecule has 0 saturated heterocycles. The first-order valence-corrected chi connectivity index (χ1v) is 8.57. The van der Waals surface area contributed by atoms with Crippen molar-refractivity contribution >= 4 is 0 Å². The van der Waals surface area contributed by atoms with Gasteiger partial charge in [-0.25, -0.2) is 0 Å². The summed E-state index contributed by atoms with van der Waals surface area (Å²) in [5.41, 5.74) is 4.51. The number of fused-ring (bicyclic) bond motifs is 2. The van der Waals surface area contributed by atoms with E-state index in [0.717, 1.165) is 35.2 Å². The van der Waals surface area contributed by atoms with Crippen molar-refractivity contribution in [2.75, 3.05) is 34.9 Å². The molecule has 0 unspecified atom stereocenters. The second-order valence-electron chi connectivity index (χ2n) is 6.87. The fraction of sp³-hybridized carbons (Fsp3) is 0.400. The topological polar surface area (TPSA) is 71.4 Å². The fourth-order valence-electron chi connectivity index (χ4n) is 4.29. The van der Waals surface area contributed by atoms with E-state index in [-0.39, 0.29) is 23.6 Å². The van der Waals surface area contributed by atoms with Crippen molar-refractivity contribution in [2.24, 2.45) is 0 Å². The van der Waals surface area contributed by atoms with Crippen LogP contribution in [-0.2, 0) is 11.2 Å². The monoisotopic (exact) mass is 357 g/mol. The van der Waals surface area contributed by atoms with Gasteiger partial charge in [-0.3, -0.25) is 4.90 Å². The van der Waals surface area contributed by atoms with Crippen LogP contribution in [0.15, 0.2) is 18.2 Å². The Morgan fingerprint density at radius 2 is 1.73 bits per heavy atom. The van der Waals surface area contributed by atoms with Gasteiger partial charge >= 0.3 is 0 Å². The molecule has 6 heteroatoms. The predicted molar refractivity (Wildman–Crippen MR) is 97.1 cm³/mol. The van der Waals surface area contributed by atoms with E-state index in [1.54, 1.807) is 27.4 Å². The molecule has 2 aliphatic rings. The summed E-state index contributed by atoms with van der Waals surface area (Å²) < 4.78 is 16.5. The van der Waals surface area contributed by atoms with Crippen LogP contribution in [0.5, 0.6) is 23.0 Å². The minimum atomic E-state index is -0.154. The van der Waals surface area contributed by atoms with Crippen molar-refractivity contribution in [3.8, 4) is 34.1 Å². The highest BCUT2D eigenvalue weighted by Gasteiger charge is 2.39. The van der Waals surface area contributed by atoms with Gasteiger partial charge in [0.25, 0.3) is 0 Å². The maximum Gasteiger partial charge on any atom is 0.165 e. The summed E-state index contributed by atoms with van der Waals surface area (Å²) in [6.07, 6.45) is 0.630. The van der Waals surface area contributed by atoms with Gasteiger partial charge in [0.1, 0.15) is 0 Å². The molecule has 2 N–H and O–H groups in total. The highest BCUT2D eigenvalue weighted by molar-refractivity contribution is 5.84. The highest BCUT2D eigenvalue weighted by atomic mass is 16.5. The third kappa shape index (κ3) is 2.26. The molecule has 6 nitrogen and oxygen atoms in total. The second-order valence-corrected chi connectivity index (χ2v) is 6.87. The molecule has 4 rings (SSSR count). The number of rotatable bonds is 3. The molecule has 0 radical (unpaired) electrons. The molecule has 2 aromatic carbocycles. The van der Waals surface area contributed by atoms with Gasteiger partial charge in [-0.05, 0) is 53.9 Å². The molecule has 1 aliphatic heterocycles. The summed E-state index contributed by atoms with van der Waals surface area (Å²) in [7, 11) is 6.92. The number of hydrogen-bond acceptors (Lipinski definition) is 6. The molecule has 0 saturated carbocycles. The van der Waals surface area contributed by atoms with E-state index in [1.165, 1.54) is 0 Å². The first-order valence-electron chi connectivity index (χ1n) is 8.57. The summed E-state index contributed by atoms with van der Waals surface area (Å²) in [6, 6.07) is 5.56. The van der Waals surface area contributed by atoms with Crippen LogP contribution in [0.1, 0.15) is 28.8 Å². The van der Waals surface area contributed by atoms with Crippen molar-refractivity contribution < 1.29 is 24.4 Å². The maximum atomic E-state index is 10.7. The Morgan fingerprint density at radius 3 is 2.38 bits per heavy atom. The van der Waals surface area contributed by atoms with Crippen molar-refractivity contribution in [1.82, 2.24) is 4.90 Å². The van der Waals surface area contributed by atoms with Gasteiger partial charge in [-0.2, -0.15) is 0 Å². The van der Waals surface area contributed by atoms with Gasteiger partial charge in [0.15, 0.2) is 23.0 Å². The Kier molecular flexibility index (Phi) is 3.97. The Balaban J connectivity index is 2.05. The van der Waals surface area contributed by atoms with Crippen LogP contribution in [0, 0.1) is 0 Å². The van der Waals surface area contributed by atoms with Gasteiger partial charge in [-0.1, -0.05) is 0 Å². The van der Waals surface area contributed by atoms with Crippen LogP contribution < -0.4 is 9.47 Å². The van der Waals surface area contributed by atoms with Gasteiger partial charge in [0.05, 0.1) is 20.3 Å². The molecule has 2 aromatic rings. The minimum Gasteiger partial charge on any atom is -0.504 e. The normalized spacial score (nSPS) is 21.1. The zero-order valence-electron chi connectivity index (χ0n) is 15.4. The number of aromatic hydroxyl groups is 2. The number of benzene rings is 2. The molecule has 1 heterocycles. The highest BCUT2D eigenvalue weighted by Crippen LogP contribution is 2.55. The number of hydrogen-bond donors (Lipinski definition) is 2. The van der Waals surface area contributed by atoms with Gasteiger partial charge in [0.2, 0.25) is 0 Å². The number of nitrogens with zero attached hydrogens (tertiary/aromatic N) is 1. The first-order chi connectivity index (χ1) is 12.5. The summed E-state index contributed by atoms with van der Waals surface area (Å²) in [5, 5.41) is 21.1. The van der Waals surface area contributed by atoms with E-state index in [4.69, 9.17) is 14.2 Å². The molecule has 0 spiro atoms. The summed E-state index contributed by atoms with van der Waals surface area (Å²) >= 11 is 0. The van der Waals surface area contributed by atoms with E-state index in [2.05, 4.69) is 11.9 Å². The number of ether oxygens (including phenoxy) is 3. The van der Waals surface area contributed by atoms with E-state index in [0.29, 0.717) is 17.1 Å². The standard InChI is InChI=1S/C20H23NO5/c1-21-9-17(26-4)12-7-14(22)20(23)19-11-8-16(25-3)15(24-2)6-10(11)5-13(21)18(12)19/h6-8,13,17,22-23H,5,9H2,1-4H3/t13-,17+/m0/s1. The molecular formula is C20H23NO5. The maximum absolute atomic E-state index is 10.7. The predicted octanol–water partition coefficient (Wildman–Crippen LogP) is 3.01. The number of methoxy groups -OCH3 is 3. The lowest BCUT2D eigenvalue weighted by atomic mass is 9.76. The van der Waals surface area contributed by atoms with Gasteiger partial charge < -0.3 is 24.4 Å². The van der Waals surface area contributed by atoms with Crippen LogP contribution in [0.25, 0.3) is 11.1 Å². The first kappa shape index (κ1) is 17.0. The van der Waals surface area contributed by atoms with E-state index < -0.39 is 0 Å². The molecule has 1 aliphatic carbocycles. The van der Waals surface area contributed by atoms with E-state index in [1.807, 2.05) is 12.1 Å². The fourth-order valence-corrected chi connectivity index (χ4v) is 4.29. The second kappa shape index (κ2) is 6.07. The average molecular weight is 357 g/mol. The van der Waals surface area contributed by atoms with Crippen LogP contribution in [-0.4, -0.2) is 50.0 Å². The Hall–Kier alpha value is -2.44. The Morgan fingerprint density at radius 1 is 1.04 bits per heavy atom. The molecule has 0 fully saturated rings. The summed E-state index contributed by atoms with van der Waals surface area (Å²) in [6.45, 7) is 0.723. The number of phenolic OH excluding ortho intramolecular Hbond substituents is 2. The lowest BCUT2D eigenvalue weighted by Gasteiger charge is -2.43. The average Bonchev–Trinajstić information content (AvgIpc) is 2.65. The van der Waals surface area contributed by atoms with Crippen molar-refractivity contribution in [1.29, 1.82) is 0 Å². The SMILES string of the molecule is COc1cc2c(cc1OC)-c1c(O)c(O)cc3c1[C@H](C2)N(C)C[C@H]3OC. The molecular weight excluding hydrogens is 334 g/mol. The molecule has 0 aromatic heterocycles. The molecule has 0 bridgehead atoms. The van der Waals surface area contributed by atoms with E-state index in [9.17, 15) is 10.2 Å². The third-order valence-electron chi connectivity index (χ3n) is 5.59. The zero-order valence-corrected chi connectivity index (χ0v) is 15.4. The van der Waals surface area contributed by atoms with Crippen LogP contribution >= 0.6 is 0 Å². The molecule has 26 heavy (non-hydrogen) atoms. The Labute approximate surface area is 152 Å². The minimum absolute atomic E-state index is 0.100. The molecule has 0 amide bonds. The van der Waals surface area contributed by atoms with Crippen molar-refractivity contribution in [3.63, 3.8) is 0 Å². The van der Waals surface area contributed by atoms with Crippen LogP contribution in [0.4, 0.5) is 0 Å². The largest absolute Gasteiger partial charge is 0.504 e. The number of phenols is 2. The smallest absolute Gasteiger partial charge is 0.165 e. The lowest BCUT2D eigenvalue weighted by molar-refractivity contribution is 0.0418. The quantitative estimate of drug-likeness (QED) is 0.823. The Bertz CT molecular complexity index is 879. The van der Waals surface area contributed by atoms with Crippen molar-refractivity contribution in [2.45, 2.75) is 18.6 Å². The molecule has 138 valence electrons. The molecule has 2 atom stereocenters. The third-order valence-corrected chi connectivity index (χ3v) is 5.59. The van der Waals surface area contributed by atoms with Crippen LogP contribution in [0.3, 0.4) is 0 Å². The zero-order chi connectivity index (χ0) is 18.6. The van der Waals surface area contributed by atoms with E-state index >= 15 is 0 Å². The van der Waals surface area contributed by atoms with Crippen LogP contribution in [0.2, 0.25) is 0 Å². The van der Waals surface area contributed by atoms with Gasteiger partial charge in [0, 0.05) is 25.3 Å². The summed E-state index contributed by atoms with van der Waals surface area (Å²) in [5.74, 6) is 1.01. The van der Waals surface area contributed by atoms with Crippen molar-refractivity contribution in [3.05, 3.63) is 34.9 Å². The summed E-state index contributed by atoms with van der Waals surface area (Å²) in [4.78, 5) is 2.23.